The molecule has 4 rings (SSSR count). The van der Waals surface area contributed by atoms with E-state index in [1.165, 1.54) is 17.5 Å². The minimum absolute atomic E-state index is 0.0158. The molecule has 3 amide bonds. The average Bonchev–Trinajstić information content (AvgIpc) is 3.36. The van der Waals surface area contributed by atoms with E-state index in [-0.39, 0.29) is 35.6 Å². The summed E-state index contributed by atoms with van der Waals surface area (Å²) in [6.07, 6.45) is 3.83. The molecule has 0 saturated carbocycles. The number of pyridine rings is 1. The van der Waals surface area contributed by atoms with Crippen molar-refractivity contribution in [3.05, 3.63) is 76.2 Å². The maximum atomic E-state index is 13.4. The maximum Gasteiger partial charge on any atom is 0.305 e. The lowest BCUT2D eigenvalue weighted by molar-refractivity contribution is -0.137. The van der Waals surface area contributed by atoms with Gasteiger partial charge in [-0.3, -0.25) is 24.2 Å². The number of carbonyl (C=O) groups excluding carboxylic acids is 3. The molecule has 42 heavy (non-hydrogen) atoms. The number of carboxylic acids is 1. The smallest absolute Gasteiger partial charge is 0.305 e. The molecule has 1 atom stereocenters. The number of benzene rings is 1. The fourth-order valence-corrected chi connectivity index (χ4v) is 5.59. The van der Waals surface area contributed by atoms with Crippen molar-refractivity contribution in [2.45, 2.75) is 46.1 Å². The molecule has 11 heteroatoms. The molecule has 1 aliphatic heterocycles. The Hall–Kier alpha value is -4.25. The number of nitrogens with zero attached hydrogens (tertiary/aromatic N) is 3. The first-order valence-corrected chi connectivity index (χ1v) is 14.8. The SMILES string of the molecule is CC(C)(C)CC(=O)Nc1cc(C(=O)NC(CC(=O)O)c2cccnc2)ccc1N1CCCN(C(=O)c2cccs2)CC1. The number of rotatable bonds is 9. The molecule has 0 spiro atoms. The van der Waals surface area contributed by atoms with E-state index >= 15 is 0 Å². The second-order valence-corrected chi connectivity index (χ2v) is 12.5. The fraction of sp³-hybridized carbons (Fsp3) is 0.387. The Kier molecular flexibility index (Phi) is 9.95. The van der Waals surface area contributed by atoms with Crippen LogP contribution in [0.1, 0.15) is 71.7 Å². The molecular weight excluding hydrogens is 554 g/mol. The second-order valence-electron chi connectivity index (χ2n) is 11.5. The summed E-state index contributed by atoms with van der Waals surface area (Å²) >= 11 is 1.43. The fourth-order valence-electron chi connectivity index (χ4n) is 4.90. The average molecular weight is 592 g/mol. The first-order valence-electron chi connectivity index (χ1n) is 13.9. The van der Waals surface area contributed by atoms with Crippen LogP contribution >= 0.6 is 11.3 Å². The largest absolute Gasteiger partial charge is 0.481 e. The molecule has 1 fully saturated rings. The van der Waals surface area contributed by atoms with Crippen molar-refractivity contribution >= 4 is 46.4 Å². The second kappa shape index (κ2) is 13.6. The lowest BCUT2D eigenvalue weighted by atomic mass is 9.92. The van der Waals surface area contributed by atoms with Crippen LogP contribution in [-0.4, -0.2) is 64.9 Å². The Morgan fingerprint density at radius 1 is 1.05 bits per heavy atom. The number of nitrogens with one attached hydrogen (secondary N) is 2. The normalized spacial score (nSPS) is 14.5. The lowest BCUT2D eigenvalue weighted by Crippen LogP contribution is -2.35. The van der Waals surface area contributed by atoms with E-state index in [2.05, 4.69) is 20.5 Å². The molecule has 3 heterocycles. The quantitative estimate of drug-likeness (QED) is 0.325. The molecule has 3 N–H and O–H groups in total. The first-order chi connectivity index (χ1) is 20.0. The highest BCUT2D eigenvalue weighted by atomic mass is 32.1. The number of anilines is 2. The van der Waals surface area contributed by atoms with Gasteiger partial charge < -0.3 is 25.5 Å². The van der Waals surface area contributed by atoms with Crippen molar-refractivity contribution in [3.63, 3.8) is 0 Å². The maximum absolute atomic E-state index is 13.4. The van der Waals surface area contributed by atoms with Crippen molar-refractivity contribution < 1.29 is 24.3 Å². The number of aromatic nitrogens is 1. The van der Waals surface area contributed by atoms with Crippen molar-refractivity contribution in [2.75, 3.05) is 36.4 Å². The topological polar surface area (TPSA) is 132 Å². The van der Waals surface area contributed by atoms with Crippen LogP contribution in [0.15, 0.2) is 60.2 Å². The van der Waals surface area contributed by atoms with E-state index in [4.69, 9.17) is 0 Å². The van der Waals surface area contributed by atoms with Gasteiger partial charge in [-0.25, -0.2) is 0 Å². The van der Waals surface area contributed by atoms with Gasteiger partial charge >= 0.3 is 5.97 Å². The highest BCUT2D eigenvalue weighted by molar-refractivity contribution is 7.12. The molecule has 2 aromatic heterocycles. The van der Waals surface area contributed by atoms with Gasteiger partial charge in [0, 0.05) is 50.6 Å². The van der Waals surface area contributed by atoms with E-state index in [1.807, 2.05) is 43.2 Å². The van der Waals surface area contributed by atoms with Crippen LogP contribution in [0.3, 0.4) is 0 Å². The number of carboxylic acid groups (broad SMARTS) is 1. The summed E-state index contributed by atoms with van der Waals surface area (Å²) in [5.41, 5.74) is 1.88. The zero-order valence-corrected chi connectivity index (χ0v) is 24.9. The minimum atomic E-state index is -1.05. The summed E-state index contributed by atoms with van der Waals surface area (Å²) in [5.74, 6) is -1.68. The van der Waals surface area contributed by atoms with Crippen LogP contribution in [0, 0.1) is 5.41 Å². The summed E-state index contributed by atoms with van der Waals surface area (Å²) in [6.45, 7) is 8.32. The van der Waals surface area contributed by atoms with Gasteiger partial charge in [0.25, 0.3) is 11.8 Å². The number of carbonyl (C=O) groups is 4. The van der Waals surface area contributed by atoms with E-state index in [0.29, 0.717) is 42.3 Å². The van der Waals surface area contributed by atoms with Crippen molar-refractivity contribution in [3.8, 4) is 0 Å². The van der Waals surface area contributed by atoms with Crippen LogP contribution in [0.4, 0.5) is 11.4 Å². The third kappa shape index (κ3) is 8.39. The van der Waals surface area contributed by atoms with Crippen LogP contribution in [0.2, 0.25) is 0 Å². The molecule has 1 unspecified atom stereocenters. The third-order valence-corrected chi connectivity index (χ3v) is 7.71. The summed E-state index contributed by atoms with van der Waals surface area (Å²) in [4.78, 5) is 59.6. The summed E-state index contributed by atoms with van der Waals surface area (Å²) in [7, 11) is 0. The molecule has 1 aromatic carbocycles. The molecule has 222 valence electrons. The monoisotopic (exact) mass is 591 g/mol. The zero-order valence-electron chi connectivity index (χ0n) is 24.1. The standard InChI is InChI=1S/C31H37N5O5S/c1-31(2,3)19-27(37)33-24-17-21(29(40)34-23(18-28(38)39)22-7-4-11-32-20-22)9-10-25(24)35-12-6-13-36(15-14-35)30(41)26-8-5-16-42-26/h4-5,7-11,16-17,20,23H,6,12-15,18-19H2,1-3H3,(H,33,37)(H,34,40)(H,38,39). The van der Waals surface area contributed by atoms with Gasteiger partial charge in [-0.2, -0.15) is 0 Å². The van der Waals surface area contributed by atoms with Gasteiger partial charge in [0.2, 0.25) is 5.91 Å². The van der Waals surface area contributed by atoms with E-state index in [9.17, 15) is 24.3 Å². The van der Waals surface area contributed by atoms with Gasteiger partial charge in [0.1, 0.15) is 0 Å². The van der Waals surface area contributed by atoms with Crippen LogP contribution in [-0.2, 0) is 9.59 Å². The molecule has 10 nitrogen and oxygen atoms in total. The number of hydrogen-bond acceptors (Lipinski definition) is 7. The molecule has 1 saturated heterocycles. The number of hydrogen-bond donors (Lipinski definition) is 3. The van der Waals surface area contributed by atoms with Gasteiger partial charge in [-0.1, -0.05) is 32.9 Å². The zero-order chi connectivity index (χ0) is 30.3. The molecule has 0 bridgehead atoms. The highest BCUT2D eigenvalue weighted by Gasteiger charge is 2.25. The summed E-state index contributed by atoms with van der Waals surface area (Å²) < 4.78 is 0. The van der Waals surface area contributed by atoms with E-state index in [0.717, 1.165) is 12.1 Å². The molecule has 0 radical (unpaired) electrons. The Balaban J connectivity index is 1.58. The van der Waals surface area contributed by atoms with Gasteiger partial charge in [-0.15, -0.1) is 11.3 Å². The molecule has 3 aromatic rings. The molecule has 0 aliphatic carbocycles. The van der Waals surface area contributed by atoms with Gasteiger partial charge in [0.05, 0.1) is 28.7 Å². The van der Waals surface area contributed by atoms with Crippen LogP contribution in [0.5, 0.6) is 0 Å². The van der Waals surface area contributed by atoms with Crippen LogP contribution < -0.4 is 15.5 Å². The van der Waals surface area contributed by atoms with Crippen molar-refractivity contribution in [1.82, 2.24) is 15.2 Å². The summed E-state index contributed by atoms with van der Waals surface area (Å²) in [5, 5.41) is 17.1. The van der Waals surface area contributed by atoms with E-state index in [1.54, 1.807) is 36.5 Å². The summed E-state index contributed by atoms with van der Waals surface area (Å²) in [6, 6.07) is 11.4. The van der Waals surface area contributed by atoms with Gasteiger partial charge in [0.15, 0.2) is 0 Å². The Labute approximate surface area is 249 Å². The predicted molar refractivity (Wildman–Crippen MR) is 163 cm³/mol. The first kappa shape index (κ1) is 30.7. The predicted octanol–water partition coefficient (Wildman–Crippen LogP) is 4.82. The molecule has 1 aliphatic rings. The lowest BCUT2D eigenvalue weighted by Gasteiger charge is -2.27. The van der Waals surface area contributed by atoms with Crippen molar-refractivity contribution in [2.24, 2.45) is 5.41 Å². The molecular formula is C31H37N5O5S. The Bertz CT molecular complexity index is 1400. The highest BCUT2D eigenvalue weighted by Crippen LogP contribution is 2.30. The number of aliphatic carboxylic acids is 1. The Morgan fingerprint density at radius 3 is 2.52 bits per heavy atom. The van der Waals surface area contributed by atoms with Crippen LogP contribution in [0.25, 0.3) is 0 Å². The third-order valence-electron chi connectivity index (χ3n) is 6.85. The van der Waals surface area contributed by atoms with Gasteiger partial charge in [-0.05, 0) is 53.1 Å². The minimum Gasteiger partial charge on any atom is -0.481 e. The van der Waals surface area contributed by atoms with Crippen molar-refractivity contribution in [1.29, 1.82) is 0 Å². The Morgan fingerprint density at radius 2 is 1.86 bits per heavy atom. The number of thiophene rings is 1. The van der Waals surface area contributed by atoms with E-state index < -0.39 is 17.9 Å². The number of amides is 3.